The Morgan fingerprint density at radius 3 is 2.38 bits per heavy atom. The monoisotopic (exact) mass is 418 g/mol. The van der Waals surface area contributed by atoms with E-state index in [4.69, 9.17) is 21.7 Å². The minimum Gasteiger partial charge on any atom is -0.444 e. The highest BCUT2D eigenvalue weighted by atomic mass is 35.5. The number of halogens is 2. The van der Waals surface area contributed by atoms with Gasteiger partial charge in [-0.05, 0) is 39.0 Å². The average Bonchev–Trinajstić information content (AvgIpc) is 2.67. The van der Waals surface area contributed by atoms with Crippen LogP contribution < -0.4 is 0 Å². The second-order valence-electron chi connectivity index (χ2n) is 7.84. The number of carbonyl (C=O) groups excluding carboxylic acids is 1. The van der Waals surface area contributed by atoms with Crippen molar-refractivity contribution < 1.29 is 13.9 Å². The van der Waals surface area contributed by atoms with Gasteiger partial charge in [0.05, 0.1) is 10.7 Å². The van der Waals surface area contributed by atoms with Crippen molar-refractivity contribution >= 4 is 23.5 Å². The Balaban J connectivity index is 1.67. The van der Waals surface area contributed by atoms with Gasteiger partial charge < -0.3 is 14.5 Å². The van der Waals surface area contributed by atoms with Gasteiger partial charge in [-0.3, -0.25) is 10.4 Å². The van der Waals surface area contributed by atoms with Gasteiger partial charge in [-0.1, -0.05) is 23.7 Å². The lowest BCUT2D eigenvalue weighted by atomic mass is 10.1. The van der Waals surface area contributed by atoms with Gasteiger partial charge in [-0.25, -0.2) is 9.18 Å². The lowest BCUT2D eigenvalue weighted by Gasteiger charge is -2.36. The molecule has 1 N–H and O–H groups in total. The fourth-order valence-electron chi connectivity index (χ4n) is 3.04. The molecular weight excluding hydrogens is 395 g/mol. The summed E-state index contributed by atoms with van der Waals surface area (Å²) in [5, 5.41) is 8.76. The number of amides is 1. The van der Waals surface area contributed by atoms with Gasteiger partial charge in [-0.2, -0.15) is 0 Å². The topological polar surface area (TPSA) is 69.5 Å². The molecule has 0 radical (unpaired) electrons. The molecule has 0 bridgehead atoms. The van der Waals surface area contributed by atoms with Gasteiger partial charge >= 0.3 is 6.09 Å². The Hall–Kier alpha value is -2.67. The van der Waals surface area contributed by atoms with E-state index in [0.717, 1.165) is 0 Å². The average molecular weight is 419 g/mol. The molecule has 1 fully saturated rings. The van der Waals surface area contributed by atoms with E-state index in [1.54, 1.807) is 29.2 Å². The first-order valence-electron chi connectivity index (χ1n) is 9.38. The number of carbonyl (C=O) groups is 1. The van der Waals surface area contributed by atoms with Crippen molar-refractivity contribution in [2.45, 2.75) is 26.4 Å². The number of amidine groups is 1. The first-order chi connectivity index (χ1) is 13.7. The van der Waals surface area contributed by atoms with Crippen LogP contribution in [0.15, 0.2) is 36.5 Å². The zero-order chi connectivity index (χ0) is 21.2. The predicted octanol–water partition coefficient (Wildman–Crippen LogP) is 4.42. The maximum atomic E-state index is 14.0. The summed E-state index contributed by atoms with van der Waals surface area (Å²) in [5.74, 6) is -0.133. The van der Waals surface area contributed by atoms with Crippen LogP contribution in [0.1, 0.15) is 26.3 Å². The van der Waals surface area contributed by atoms with Crippen LogP contribution in [-0.2, 0) is 4.74 Å². The van der Waals surface area contributed by atoms with Crippen molar-refractivity contribution in [2.24, 2.45) is 0 Å². The van der Waals surface area contributed by atoms with Crippen LogP contribution in [0.5, 0.6) is 0 Å². The zero-order valence-corrected chi connectivity index (χ0v) is 17.5. The highest BCUT2D eigenvalue weighted by Gasteiger charge is 2.27. The summed E-state index contributed by atoms with van der Waals surface area (Å²) in [5.41, 5.74) is 0.668. The molecule has 0 spiro atoms. The van der Waals surface area contributed by atoms with E-state index in [2.05, 4.69) is 4.98 Å². The standard InChI is InChI=1S/C21H24ClFN4O2/c1-21(2,3)29-20(28)27-10-8-26(9-11-27)19(24)14-12-16(22)18(25-13-14)15-6-4-5-7-17(15)23/h4-7,12-13,24H,8-11H2,1-3H3. The maximum absolute atomic E-state index is 14.0. The number of pyridine rings is 1. The number of piperazine rings is 1. The van der Waals surface area contributed by atoms with Crippen molar-refractivity contribution in [3.05, 3.63) is 52.9 Å². The summed E-state index contributed by atoms with van der Waals surface area (Å²) >= 11 is 6.33. The minimum atomic E-state index is -0.538. The van der Waals surface area contributed by atoms with Crippen molar-refractivity contribution in [2.75, 3.05) is 26.2 Å². The third-order valence-electron chi connectivity index (χ3n) is 4.49. The number of hydrogen-bond acceptors (Lipinski definition) is 4. The summed E-state index contributed by atoms with van der Waals surface area (Å²) in [6.45, 7) is 7.43. The smallest absolute Gasteiger partial charge is 0.410 e. The van der Waals surface area contributed by atoms with Crippen molar-refractivity contribution in [1.82, 2.24) is 14.8 Å². The lowest BCUT2D eigenvalue weighted by Crippen LogP contribution is -2.51. The molecule has 1 aliphatic heterocycles. The van der Waals surface area contributed by atoms with E-state index in [-0.39, 0.29) is 17.0 Å². The molecule has 29 heavy (non-hydrogen) atoms. The molecule has 0 atom stereocenters. The molecule has 0 unspecified atom stereocenters. The number of benzene rings is 1. The van der Waals surface area contributed by atoms with E-state index in [9.17, 15) is 9.18 Å². The van der Waals surface area contributed by atoms with Crippen LogP contribution in [0.3, 0.4) is 0 Å². The molecule has 0 saturated carbocycles. The number of hydrogen-bond donors (Lipinski definition) is 1. The minimum absolute atomic E-state index is 0.267. The van der Waals surface area contributed by atoms with Gasteiger partial charge in [-0.15, -0.1) is 0 Å². The molecule has 2 aromatic rings. The van der Waals surface area contributed by atoms with Gasteiger partial charge in [0, 0.05) is 43.5 Å². The summed E-state index contributed by atoms with van der Waals surface area (Å²) < 4.78 is 19.4. The highest BCUT2D eigenvalue weighted by molar-refractivity contribution is 6.33. The number of ether oxygens (including phenoxy) is 1. The third kappa shape index (κ3) is 5.03. The van der Waals surface area contributed by atoms with Crippen molar-refractivity contribution in [1.29, 1.82) is 5.41 Å². The summed E-state index contributed by atoms with van der Waals surface area (Å²) in [6.07, 6.45) is 1.18. The molecule has 1 aromatic heterocycles. The van der Waals surface area contributed by atoms with Crippen LogP contribution in [0.25, 0.3) is 11.3 Å². The van der Waals surface area contributed by atoms with Gasteiger partial charge in [0.1, 0.15) is 17.3 Å². The van der Waals surface area contributed by atoms with E-state index in [1.165, 1.54) is 12.3 Å². The molecule has 1 aromatic carbocycles. The quantitative estimate of drug-likeness (QED) is 0.579. The number of nitrogens with zero attached hydrogens (tertiary/aromatic N) is 3. The summed E-state index contributed by atoms with van der Waals surface area (Å²) in [4.78, 5) is 20.0. The number of aromatic nitrogens is 1. The Kier molecular flexibility index (Phi) is 6.07. The van der Waals surface area contributed by atoms with Gasteiger partial charge in [0.15, 0.2) is 0 Å². The first kappa shape index (κ1) is 21.0. The van der Waals surface area contributed by atoms with Crippen LogP contribution in [-0.4, -0.2) is 58.5 Å². The van der Waals surface area contributed by atoms with E-state index < -0.39 is 11.4 Å². The SMILES string of the molecule is CC(C)(C)OC(=O)N1CCN(C(=N)c2cnc(-c3ccccc3F)c(Cl)c2)CC1. The largest absolute Gasteiger partial charge is 0.444 e. The fraction of sp³-hybridized carbons (Fsp3) is 0.381. The second kappa shape index (κ2) is 8.37. The van der Waals surface area contributed by atoms with Crippen molar-refractivity contribution in [3.63, 3.8) is 0 Å². The first-order valence-corrected chi connectivity index (χ1v) is 9.76. The molecule has 8 heteroatoms. The lowest BCUT2D eigenvalue weighted by molar-refractivity contribution is 0.0187. The van der Waals surface area contributed by atoms with Crippen LogP contribution >= 0.6 is 11.6 Å². The van der Waals surface area contributed by atoms with Gasteiger partial charge in [0.2, 0.25) is 0 Å². The molecule has 2 heterocycles. The van der Waals surface area contributed by atoms with Crippen LogP contribution in [0.2, 0.25) is 5.02 Å². The molecule has 1 aliphatic rings. The highest BCUT2D eigenvalue weighted by Crippen LogP contribution is 2.28. The van der Waals surface area contributed by atoms with Crippen molar-refractivity contribution in [3.8, 4) is 11.3 Å². The van der Waals surface area contributed by atoms with E-state index in [1.807, 2.05) is 25.7 Å². The van der Waals surface area contributed by atoms with Crippen LogP contribution in [0, 0.1) is 11.2 Å². The van der Waals surface area contributed by atoms with E-state index >= 15 is 0 Å². The predicted molar refractivity (Wildman–Crippen MR) is 111 cm³/mol. The number of rotatable bonds is 2. The Morgan fingerprint density at radius 2 is 1.79 bits per heavy atom. The number of nitrogens with one attached hydrogen (secondary N) is 1. The fourth-order valence-corrected chi connectivity index (χ4v) is 3.31. The molecule has 1 amide bonds. The molecular formula is C21H24ClFN4O2. The molecule has 0 aliphatic carbocycles. The molecule has 6 nitrogen and oxygen atoms in total. The van der Waals surface area contributed by atoms with E-state index in [0.29, 0.717) is 43.0 Å². The maximum Gasteiger partial charge on any atom is 0.410 e. The second-order valence-corrected chi connectivity index (χ2v) is 8.24. The summed E-state index contributed by atoms with van der Waals surface area (Å²) in [7, 11) is 0. The molecule has 154 valence electrons. The Bertz CT molecular complexity index is 921. The summed E-state index contributed by atoms with van der Waals surface area (Å²) in [6, 6.07) is 7.92. The van der Waals surface area contributed by atoms with Crippen LogP contribution in [0.4, 0.5) is 9.18 Å². The third-order valence-corrected chi connectivity index (χ3v) is 4.78. The zero-order valence-electron chi connectivity index (χ0n) is 16.7. The Morgan fingerprint density at radius 1 is 1.17 bits per heavy atom. The normalized spacial score (nSPS) is 14.7. The Labute approximate surface area is 174 Å². The molecule has 1 saturated heterocycles. The van der Waals surface area contributed by atoms with Gasteiger partial charge in [0.25, 0.3) is 0 Å². The molecule has 3 rings (SSSR count).